The van der Waals surface area contributed by atoms with Gasteiger partial charge in [0.2, 0.25) is 0 Å². The van der Waals surface area contributed by atoms with Gasteiger partial charge in [0, 0.05) is 12.1 Å². The average molecular weight is 311 g/mol. The first-order valence-electron chi connectivity index (χ1n) is 8.79. The molecule has 4 rings (SSSR count). The highest BCUT2D eigenvalue weighted by molar-refractivity contribution is 5.85. The monoisotopic (exact) mass is 311 g/mol. The predicted octanol–water partition coefficient (Wildman–Crippen LogP) is 4.29. The minimum atomic E-state index is 0.199. The van der Waals surface area contributed by atoms with Crippen LogP contribution in [-0.2, 0) is 0 Å². The molecule has 1 N–H and O–H groups in total. The van der Waals surface area contributed by atoms with E-state index in [-0.39, 0.29) is 6.10 Å². The topological polar surface area (TPSA) is 30.5 Å². The number of ether oxygens (including phenoxy) is 2. The highest BCUT2D eigenvalue weighted by atomic mass is 16.5. The molecule has 0 saturated carbocycles. The van der Waals surface area contributed by atoms with E-state index < -0.39 is 0 Å². The number of nitrogens with one attached hydrogen (secondary N) is 1. The first-order valence-corrected chi connectivity index (χ1v) is 8.79. The van der Waals surface area contributed by atoms with Crippen molar-refractivity contribution in [2.45, 2.75) is 63.8 Å². The Labute approximate surface area is 138 Å². The van der Waals surface area contributed by atoms with Crippen LogP contribution < -0.4 is 14.8 Å². The zero-order chi connectivity index (χ0) is 15.8. The summed E-state index contributed by atoms with van der Waals surface area (Å²) in [5.41, 5.74) is 0. The Morgan fingerprint density at radius 3 is 2.17 bits per heavy atom. The van der Waals surface area contributed by atoms with Crippen molar-refractivity contribution >= 4 is 10.8 Å². The van der Waals surface area contributed by atoms with Gasteiger partial charge in [-0.1, -0.05) is 12.1 Å². The van der Waals surface area contributed by atoms with Crippen LogP contribution in [0.5, 0.6) is 11.5 Å². The summed E-state index contributed by atoms with van der Waals surface area (Å²) in [4.78, 5) is 0. The van der Waals surface area contributed by atoms with Crippen molar-refractivity contribution in [1.82, 2.24) is 5.32 Å². The third-order valence-electron chi connectivity index (χ3n) is 4.89. The van der Waals surface area contributed by atoms with Crippen molar-refractivity contribution in [3.05, 3.63) is 36.4 Å². The van der Waals surface area contributed by atoms with Crippen LogP contribution in [0.25, 0.3) is 10.8 Å². The van der Waals surface area contributed by atoms with Gasteiger partial charge in [0.05, 0.1) is 6.10 Å². The van der Waals surface area contributed by atoms with Crippen molar-refractivity contribution in [3.63, 3.8) is 0 Å². The molecule has 2 aliphatic heterocycles. The molecular formula is C20H25NO2. The van der Waals surface area contributed by atoms with E-state index in [1.54, 1.807) is 0 Å². The van der Waals surface area contributed by atoms with Gasteiger partial charge in [0.15, 0.2) is 0 Å². The molecule has 0 amide bonds. The smallest absolute Gasteiger partial charge is 0.120 e. The van der Waals surface area contributed by atoms with Gasteiger partial charge in [0.1, 0.15) is 17.6 Å². The van der Waals surface area contributed by atoms with Crippen molar-refractivity contribution in [2.75, 3.05) is 0 Å². The van der Waals surface area contributed by atoms with Crippen molar-refractivity contribution < 1.29 is 9.47 Å². The number of piperidine rings is 1. The fourth-order valence-corrected chi connectivity index (χ4v) is 3.91. The van der Waals surface area contributed by atoms with E-state index >= 15 is 0 Å². The third-order valence-corrected chi connectivity index (χ3v) is 4.89. The predicted molar refractivity (Wildman–Crippen MR) is 93.3 cm³/mol. The van der Waals surface area contributed by atoms with Gasteiger partial charge in [-0.15, -0.1) is 0 Å². The Hall–Kier alpha value is -1.74. The lowest BCUT2D eigenvalue weighted by molar-refractivity contribution is 0.137. The molecule has 2 unspecified atom stereocenters. The summed E-state index contributed by atoms with van der Waals surface area (Å²) in [5.74, 6) is 1.91. The van der Waals surface area contributed by atoms with E-state index in [1.165, 1.54) is 23.6 Å². The lowest BCUT2D eigenvalue weighted by Gasteiger charge is -2.29. The first-order chi connectivity index (χ1) is 11.2. The van der Waals surface area contributed by atoms with Crippen molar-refractivity contribution in [1.29, 1.82) is 0 Å². The third kappa shape index (κ3) is 3.30. The number of benzene rings is 2. The maximum absolute atomic E-state index is 6.27. The minimum absolute atomic E-state index is 0.199. The molecule has 2 fully saturated rings. The largest absolute Gasteiger partial charge is 0.491 e. The van der Waals surface area contributed by atoms with E-state index in [4.69, 9.17) is 9.47 Å². The molecule has 0 aliphatic carbocycles. The van der Waals surface area contributed by atoms with Gasteiger partial charge in [-0.3, -0.25) is 0 Å². The maximum atomic E-state index is 6.27. The molecule has 2 atom stereocenters. The van der Waals surface area contributed by atoms with Crippen LogP contribution in [0.1, 0.15) is 39.5 Å². The molecule has 2 aromatic rings. The first kappa shape index (κ1) is 14.8. The second-order valence-electron chi connectivity index (χ2n) is 7.19. The quantitative estimate of drug-likeness (QED) is 0.913. The number of hydrogen-bond acceptors (Lipinski definition) is 3. The standard InChI is InChI=1S/C20H25NO2/c1-13(2)22-18-7-3-15-10-19(8-4-14(15)9-18)23-20-11-16-5-6-17(12-20)21-16/h3-4,7-10,13,16-17,20-21H,5-6,11-12H2,1-2H3. The Morgan fingerprint density at radius 1 is 0.913 bits per heavy atom. The SMILES string of the molecule is CC(C)Oc1ccc2cc(OC3CC4CCC(C3)N4)ccc2c1. The van der Waals surface area contributed by atoms with E-state index in [1.807, 2.05) is 19.9 Å². The second kappa shape index (κ2) is 6.04. The Kier molecular flexibility index (Phi) is 3.90. The van der Waals surface area contributed by atoms with Crippen molar-refractivity contribution in [3.8, 4) is 11.5 Å². The molecule has 2 saturated heterocycles. The molecule has 3 heteroatoms. The fraction of sp³-hybridized carbons (Fsp3) is 0.500. The summed E-state index contributed by atoms with van der Waals surface area (Å²) in [5, 5.41) is 6.06. The van der Waals surface area contributed by atoms with Crippen LogP contribution in [0, 0.1) is 0 Å². The molecule has 122 valence electrons. The minimum Gasteiger partial charge on any atom is -0.491 e. The highest BCUT2D eigenvalue weighted by Gasteiger charge is 2.34. The van der Waals surface area contributed by atoms with E-state index in [2.05, 4.69) is 35.6 Å². The molecule has 0 aromatic heterocycles. The van der Waals surface area contributed by atoms with Gasteiger partial charge in [-0.25, -0.2) is 0 Å². The Bertz CT molecular complexity index is 685. The van der Waals surface area contributed by atoms with Gasteiger partial charge in [-0.05, 0) is 74.6 Å². The van der Waals surface area contributed by atoms with Crippen LogP contribution in [-0.4, -0.2) is 24.3 Å². The van der Waals surface area contributed by atoms with E-state index in [9.17, 15) is 0 Å². The molecule has 2 aromatic carbocycles. The zero-order valence-corrected chi connectivity index (χ0v) is 13.9. The summed E-state index contributed by atoms with van der Waals surface area (Å²) in [6.45, 7) is 4.10. The Balaban J connectivity index is 1.50. The number of rotatable bonds is 4. The summed E-state index contributed by atoms with van der Waals surface area (Å²) in [6, 6.07) is 14.0. The highest BCUT2D eigenvalue weighted by Crippen LogP contribution is 2.31. The van der Waals surface area contributed by atoms with Crippen LogP contribution in [0.3, 0.4) is 0 Å². The molecule has 2 aliphatic rings. The lowest BCUT2D eigenvalue weighted by atomic mass is 10.0. The molecule has 0 spiro atoms. The number of fused-ring (bicyclic) bond motifs is 3. The molecule has 23 heavy (non-hydrogen) atoms. The summed E-state index contributed by atoms with van der Waals surface area (Å²) in [7, 11) is 0. The van der Waals surface area contributed by atoms with E-state index in [0.717, 1.165) is 24.3 Å². The average Bonchev–Trinajstić information content (AvgIpc) is 2.86. The maximum Gasteiger partial charge on any atom is 0.120 e. The van der Waals surface area contributed by atoms with Gasteiger partial charge < -0.3 is 14.8 Å². The van der Waals surface area contributed by atoms with Crippen LogP contribution in [0.15, 0.2) is 36.4 Å². The lowest BCUT2D eigenvalue weighted by Crippen LogP contribution is -2.42. The molecular weight excluding hydrogens is 286 g/mol. The summed E-state index contributed by atoms with van der Waals surface area (Å²) < 4.78 is 12.0. The van der Waals surface area contributed by atoms with Crippen LogP contribution in [0.4, 0.5) is 0 Å². The summed E-state index contributed by atoms with van der Waals surface area (Å²) in [6.07, 6.45) is 5.44. The van der Waals surface area contributed by atoms with Gasteiger partial charge in [-0.2, -0.15) is 0 Å². The van der Waals surface area contributed by atoms with Gasteiger partial charge in [0.25, 0.3) is 0 Å². The normalized spacial score (nSPS) is 26.7. The number of hydrogen-bond donors (Lipinski definition) is 1. The van der Waals surface area contributed by atoms with Crippen LogP contribution >= 0.6 is 0 Å². The summed E-state index contributed by atoms with van der Waals surface area (Å²) >= 11 is 0. The fourth-order valence-electron chi connectivity index (χ4n) is 3.91. The molecule has 0 radical (unpaired) electrons. The zero-order valence-electron chi connectivity index (χ0n) is 13.9. The van der Waals surface area contributed by atoms with Gasteiger partial charge >= 0.3 is 0 Å². The molecule has 3 nitrogen and oxygen atoms in total. The van der Waals surface area contributed by atoms with E-state index in [0.29, 0.717) is 18.2 Å². The molecule has 2 bridgehead atoms. The molecule has 2 heterocycles. The Morgan fingerprint density at radius 2 is 1.52 bits per heavy atom. The van der Waals surface area contributed by atoms with Crippen molar-refractivity contribution in [2.24, 2.45) is 0 Å². The second-order valence-corrected chi connectivity index (χ2v) is 7.19. The van der Waals surface area contributed by atoms with Crippen LogP contribution in [0.2, 0.25) is 0 Å².